The molecular weight excluding hydrogens is 492 g/mol. The summed E-state index contributed by atoms with van der Waals surface area (Å²) in [4.78, 5) is 29.0. The van der Waals surface area contributed by atoms with Crippen LogP contribution >= 0.6 is 0 Å². The molecule has 4 aromatic heterocycles. The van der Waals surface area contributed by atoms with Crippen LogP contribution in [-0.4, -0.2) is 31.4 Å². The van der Waals surface area contributed by atoms with Gasteiger partial charge in [0.2, 0.25) is 0 Å². The van der Waals surface area contributed by atoms with E-state index in [1.807, 2.05) is 49.1 Å². The molecule has 6 heteroatoms. The molecule has 0 radical (unpaired) electrons. The molecule has 0 amide bonds. The zero-order chi connectivity index (χ0) is 26.2. The summed E-state index contributed by atoms with van der Waals surface area (Å²) < 4.78 is 0. The maximum absolute atomic E-state index is 5.11. The molecule has 0 unspecified atom stereocenters. The Bertz CT molecular complexity index is 2100. The fraction of sp³-hybridized carbons (Fsp3) is 0.0588. The molecule has 2 aliphatic heterocycles. The Morgan fingerprint density at radius 1 is 0.400 bits per heavy atom. The van der Waals surface area contributed by atoms with Gasteiger partial charge >= 0.3 is 0 Å². The molecular formula is C34H20N6. The first kappa shape index (κ1) is 21.6. The van der Waals surface area contributed by atoms with Crippen molar-refractivity contribution in [2.75, 3.05) is 0 Å². The molecule has 0 spiro atoms. The van der Waals surface area contributed by atoms with Gasteiger partial charge in [-0.05, 0) is 58.7 Å². The smallest absolute Gasteiger partial charge is 0.0983 e. The number of aromatic nitrogens is 4. The van der Waals surface area contributed by atoms with Crippen molar-refractivity contribution in [3.63, 3.8) is 0 Å². The number of hydrogen-bond donors (Lipinski definition) is 0. The minimum absolute atomic E-state index is 0.756. The fourth-order valence-corrected chi connectivity index (χ4v) is 6.31. The summed E-state index contributed by atoms with van der Waals surface area (Å²) in [5, 5.41) is 4.38. The van der Waals surface area contributed by atoms with E-state index in [0.29, 0.717) is 0 Å². The molecule has 3 aromatic carbocycles. The zero-order valence-corrected chi connectivity index (χ0v) is 21.3. The molecule has 0 atom stereocenters. The minimum Gasteiger partial charge on any atom is -0.256 e. The van der Waals surface area contributed by atoms with E-state index < -0.39 is 0 Å². The van der Waals surface area contributed by atoms with Crippen molar-refractivity contribution in [1.82, 2.24) is 19.9 Å². The van der Waals surface area contributed by atoms with E-state index in [-0.39, 0.29) is 0 Å². The van der Waals surface area contributed by atoms with Crippen molar-refractivity contribution in [2.45, 2.75) is 12.8 Å². The second kappa shape index (κ2) is 8.07. The van der Waals surface area contributed by atoms with Crippen LogP contribution in [0.1, 0.15) is 22.3 Å². The van der Waals surface area contributed by atoms with E-state index in [2.05, 4.69) is 68.5 Å². The lowest BCUT2D eigenvalue weighted by Crippen LogP contribution is -2.04. The average Bonchev–Trinajstić information content (AvgIpc) is 3.68. The molecule has 7 aromatic rings. The van der Waals surface area contributed by atoms with E-state index in [4.69, 9.17) is 9.98 Å². The lowest BCUT2D eigenvalue weighted by molar-refractivity contribution is 1.35. The predicted molar refractivity (Wildman–Crippen MR) is 160 cm³/mol. The maximum atomic E-state index is 5.11. The zero-order valence-electron chi connectivity index (χ0n) is 21.3. The van der Waals surface area contributed by atoms with Crippen molar-refractivity contribution in [3.05, 3.63) is 120 Å². The molecule has 0 saturated heterocycles. The number of aliphatic imine (C=N–C) groups is 2. The Hall–Kier alpha value is -5.36. The molecule has 0 fully saturated rings. The van der Waals surface area contributed by atoms with Crippen molar-refractivity contribution >= 4 is 66.4 Å². The van der Waals surface area contributed by atoms with Crippen LogP contribution < -0.4 is 0 Å². The van der Waals surface area contributed by atoms with Gasteiger partial charge in [-0.15, -0.1) is 0 Å². The van der Waals surface area contributed by atoms with E-state index >= 15 is 0 Å². The van der Waals surface area contributed by atoms with Gasteiger partial charge in [-0.1, -0.05) is 36.4 Å². The lowest BCUT2D eigenvalue weighted by Gasteiger charge is -2.08. The Labute approximate surface area is 228 Å². The first-order valence-electron chi connectivity index (χ1n) is 13.4. The third kappa shape index (κ3) is 2.98. The first-order valence-corrected chi connectivity index (χ1v) is 13.4. The van der Waals surface area contributed by atoms with E-state index in [1.165, 1.54) is 11.1 Å². The number of pyridine rings is 4. The molecule has 0 N–H and O–H groups in total. The van der Waals surface area contributed by atoms with Gasteiger partial charge in [0.25, 0.3) is 0 Å². The second-order valence-corrected chi connectivity index (χ2v) is 10.3. The molecule has 9 rings (SSSR count). The van der Waals surface area contributed by atoms with Crippen molar-refractivity contribution in [2.24, 2.45) is 9.98 Å². The van der Waals surface area contributed by atoms with Crippen LogP contribution in [0.2, 0.25) is 0 Å². The minimum atomic E-state index is 0.756. The van der Waals surface area contributed by atoms with Crippen molar-refractivity contribution in [1.29, 1.82) is 0 Å². The highest BCUT2D eigenvalue weighted by Gasteiger charge is 2.25. The van der Waals surface area contributed by atoms with Gasteiger partial charge in [0.1, 0.15) is 0 Å². The Kier molecular flexibility index (Phi) is 4.35. The molecule has 0 saturated carbocycles. The van der Waals surface area contributed by atoms with E-state index in [9.17, 15) is 0 Å². The number of hydrogen-bond acceptors (Lipinski definition) is 6. The Balaban J connectivity index is 1.11. The molecule has 6 nitrogen and oxygen atoms in total. The van der Waals surface area contributed by atoms with Gasteiger partial charge in [0.05, 0.1) is 44.9 Å². The van der Waals surface area contributed by atoms with Crippen LogP contribution in [0, 0.1) is 0 Å². The normalized spacial score (nSPS) is 14.1. The van der Waals surface area contributed by atoms with E-state index in [0.717, 1.165) is 90.4 Å². The quantitative estimate of drug-likeness (QED) is 0.229. The summed E-state index contributed by atoms with van der Waals surface area (Å²) in [5.74, 6) is 0. The summed E-state index contributed by atoms with van der Waals surface area (Å²) in [7, 11) is 0. The van der Waals surface area contributed by atoms with Crippen LogP contribution in [0.25, 0.3) is 43.6 Å². The van der Waals surface area contributed by atoms with Gasteiger partial charge < -0.3 is 0 Å². The summed E-state index contributed by atoms with van der Waals surface area (Å²) >= 11 is 0. The predicted octanol–water partition coefficient (Wildman–Crippen LogP) is 7.23. The number of nitrogens with zero attached hydrogens (tertiary/aromatic N) is 6. The van der Waals surface area contributed by atoms with Crippen molar-refractivity contribution in [3.8, 4) is 0 Å². The third-order valence-corrected chi connectivity index (χ3v) is 8.14. The summed E-state index contributed by atoms with van der Waals surface area (Å²) in [6.45, 7) is 0. The highest BCUT2D eigenvalue weighted by atomic mass is 14.9. The Morgan fingerprint density at radius 2 is 0.775 bits per heavy atom. The molecule has 186 valence electrons. The van der Waals surface area contributed by atoms with Crippen molar-refractivity contribution < 1.29 is 0 Å². The summed E-state index contributed by atoms with van der Waals surface area (Å²) in [6.07, 6.45) is 8.87. The molecule has 0 aliphatic carbocycles. The fourth-order valence-electron chi connectivity index (χ4n) is 6.31. The largest absolute Gasteiger partial charge is 0.256 e. The van der Waals surface area contributed by atoms with Crippen LogP contribution in [0.15, 0.2) is 108 Å². The lowest BCUT2D eigenvalue weighted by atomic mass is 9.96. The average molecular weight is 513 g/mol. The monoisotopic (exact) mass is 512 g/mol. The van der Waals surface area contributed by atoms with Gasteiger partial charge in [-0.3, -0.25) is 19.9 Å². The number of fused-ring (bicyclic) bond motifs is 12. The summed E-state index contributed by atoms with van der Waals surface area (Å²) in [5.41, 5.74) is 12.4. The van der Waals surface area contributed by atoms with Gasteiger partial charge in [0.15, 0.2) is 0 Å². The summed E-state index contributed by atoms with van der Waals surface area (Å²) in [6, 6.07) is 25.0. The number of rotatable bonds is 2. The SMILES string of the molecule is c1cnc2c(c1)c1c(c3ncccc32)N=C(c2ccc(C3=Nc4c(c5cccnc5c5cccnc45)C3)cc2)C1. The highest BCUT2D eigenvalue weighted by molar-refractivity contribution is 6.20. The first-order chi connectivity index (χ1) is 19.8. The second-order valence-electron chi connectivity index (χ2n) is 10.3. The van der Waals surface area contributed by atoms with Crippen LogP contribution in [0.5, 0.6) is 0 Å². The molecule has 6 heterocycles. The van der Waals surface area contributed by atoms with Crippen LogP contribution in [0.3, 0.4) is 0 Å². The van der Waals surface area contributed by atoms with Crippen LogP contribution in [0.4, 0.5) is 11.4 Å². The third-order valence-electron chi connectivity index (χ3n) is 8.14. The Morgan fingerprint density at radius 3 is 1.20 bits per heavy atom. The van der Waals surface area contributed by atoms with Crippen LogP contribution in [-0.2, 0) is 12.8 Å². The van der Waals surface area contributed by atoms with Gasteiger partial charge in [0, 0.05) is 59.2 Å². The van der Waals surface area contributed by atoms with Gasteiger partial charge in [-0.2, -0.15) is 0 Å². The standard InChI is InChI=1S/C34H20N6/c1-5-21-25-17-27(39-33(25)31-23(7-3-15-37-31)29(21)35-13-1)19-9-11-20(12-10-19)28-18-26-22-6-2-14-36-30(22)24-8-4-16-38-32(24)34(26)40-28/h1-16H,17-18H2. The molecule has 40 heavy (non-hydrogen) atoms. The number of benzene rings is 3. The highest BCUT2D eigenvalue weighted by Crippen LogP contribution is 2.42. The molecule has 2 aliphatic rings. The maximum Gasteiger partial charge on any atom is 0.0983 e. The van der Waals surface area contributed by atoms with E-state index in [1.54, 1.807) is 0 Å². The molecule has 0 bridgehead atoms. The topological polar surface area (TPSA) is 76.3 Å². The van der Waals surface area contributed by atoms with Gasteiger partial charge in [-0.25, -0.2) is 9.98 Å².